The van der Waals surface area contributed by atoms with Crippen LogP contribution >= 0.6 is 0 Å². The Morgan fingerprint density at radius 1 is 1.35 bits per heavy atom. The Morgan fingerprint density at radius 2 is 2.06 bits per heavy atom. The van der Waals surface area contributed by atoms with Gasteiger partial charge in [-0.1, -0.05) is 13.0 Å². The van der Waals surface area contributed by atoms with Crippen LogP contribution in [0.1, 0.15) is 19.8 Å². The van der Waals surface area contributed by atoms with Gasteiger partial charge < -0.3 is 4.74 Å². The van der Waals surface area contributed by atoms with Gasteiger partial charge >= 0.3 is 0 Å². The van der Waals surface area contributed by atoms with Crippen molar-refractivity contribution in [2.45, 2.75) is 24.7 Å². The fraction of sp³-hybridized carbons (Fsp3) is 0.417. The molecule has 0 unspecified atom stereocenters. The van der Waals surface area contributed by atoms with Gasteiger partial charge in [0.25, 0.3) is 0 Å². The molecule has 0 aliphatic heterocycles. The van der Waals surface area contributed by atoms with E-state index in [2.05, 4.69) is 0 Å². The molecule has 0 atom stereocenters. The average molecular weight is 256 g/mol. The van der Waals surface area contributed by atoms with Gasteiger partial charge in [0.15, 0.2) is 9.84 Å². The smallest absolute Gasteiger partial charge is 0.185 e. The largest absolute Gasteiger partial charge is 0.497 e. The van der Waals surface area contributed by atoms with Crippen molar-refractivity contribution in [3.05, 3.63) is 24.3 Å². The molecule has 17 heavy (non-hydrogen) atoms. The molecule has 94 valence electrons. The maximum atomic E-state index is 11.9. The molecule has 0 heterocycles. The van der Waals surface area contributed by atoms with Crippen LogP contribution in [0, 0.1) is 0 Å². The molecule has 0 saturated carbocycles. The van der Waals surface area contributed by atoms with Gasteiger partial charge in [0.2, 0.25) is 0 Å². The van der Waals surface area contributed by atoms with Crippen molar-refractivity contribution in [2.75, 3.05) is 12.9 Å². The van der Waals surface area contributed by atoms with Crippen molar-refractivity contribution in [2.24, 2.45) is 0 Å². The van der Waals surface area contributed by atoms with Gasteiger partial charge in [-0.25, -0.2) is 8.42 Å². The third kappa shape index (κ3) is 3.85. The molecule has 0 bridgehead atoms. The number of sulfone groups is 1. The Morgan fingerprint density at radius 3 is 2.65 bits per heavy atom. The number of benzene rings is 1. The minimum atomic E-state index is -3.54. The van der Waals surface area contributed by atoms with Crippen LogP contribution in [0.2, 0.25) is 0 Å². The van der Waals surface area contributed by atoms with Gasteiger partial charge in [-0.05, 0) is 24.6 Å². The zero-order valence-corrected chi connectivity index (χ0v) is 10.8. The predicted molar refractivity (Wildman–Crippen MR) is 65.0 cm³/mol. The zero-order chi connectivity index (χ0) is 12.9. The van der Waals surface area contributed by atoms with Crippen molar-refractivity contribution < 1.29 is 17.9 Å². The monoisotopic (exact) mass is 256 g/mol. The van der Waals surface area contributed by atoms with Crippen LogP contribution in [0.4, 0.5) is 0 Å². The third-order valence-electron chi connectivity index (χ3n) is 2.28. The molecule has 0 aromatic heterocycles. The minimum absolute atomic E-state index is 0.126. The zero-order valence-electron chi connectivity index (χ0n) is 9.97. The Balaban J connectivity index is 2.93. The summed E-state index contributed by atoms with van der Waals surface area (Å²) in [6.45, 7) is 1.84. The number of ether oxygens (including phenoxy) is 1. The Kier molecular flexibility index (Phi) is 4.69. The van der Waals surface area contributed by atoms with Crippen molar-refractivity contribution in [1.82, 2.24) is 0 Å². The second-order valence-corrected chi connectivity index (χ2v) is 5.72. The number of methoxy groups -OCH3 is 1. The molecule has 5 heteroatoms. The highest BCUT2D eigenvalue weighted by Crippen LogP contribution is 2.18. The first-order valence-corrected chi connectivity index (χ1v) is 7.03. The molecular weight excluding hydrogens is 240 g/mol. The van der Waals surface area contributed by atoms with Crippen molar-refractivity contribution in [3.8, 4) is 5.75 Å². The summed E-state index contributed by atoms with van der Waals surface area (Å²) in [5, 5.41) is 0. The van der Waals surface area contributed by atoms with Gasteiger partial charge in [-0.15, -0.1) is 0 Å². The highest BCUT2D eigenvalue weighted by molar-refractivity contribution is 7.92. The van der Waals surface area contributed by atoms with Crippen LogP contribution in [0.3, 0.4) is 0 Å². The molecular formula is C12H16O4S. The third-order valence-corrected chi connectivity index (χ3v) is 3.95. The summed E-state index contributed by atoms with van der Waals surface area (Å²) in [5.74, 6) is -0.224. The summed E-state index contributed by atoms with van der Waals surface area (Å²) >= 11 is 0. The lowest BCUT2D eigenvalue weighted by molar-refractivity contribution is -0.116. The highest BCUT2D eigenvalue weighted by Gasteiger charge is 2.19. The number of rotatable bonds is 6. The lowest BCUT2D eigenvalue weighted by Crippen LogP contribution is -2.15. The fourth-order valence-electron chi connectivity index (χ4n) is 1.44. The average Bonchev–Trinajstić information content (AvgIpc) is 2.28. The maximum Gasteiger partial charge on any atom is 0.185 e. The summed E-state index contributed by atoms with van der Waals surface area (Å²) in [7, 11) is -2.08. The maximum absolute atomic E-state index is 11.9. The lowest BCUT2D eigenvalue weighted by atomic mass is 10.3. The fourth-order valence-corrected chi connectivity index (χ4v) is 2.76. The molecule has 0 amide bonds. The molecule has 0 saturated heterocycles. The summed E-state index contributed by atoms with van der Waals surface area (Å²) in [4.78, 5) is 11.5. The summed E-state index contributed by atoms with van der Waals surface area (Å²) in [6, 6.07) is 6.15. The Bertz CT molecular complexity index is 491. The first-order valence-electron chi connectivity index (χ1n) is 5.38. The van der Waals surface area contributed by atoms with Gasteiger partial charge in [-0.3, -0.25) is 4.79 Å². The standard InChI is InChI=1S/C12H16O4S/c1-3-5-10(13)9-17(14,15)12-7-4-6-11(8-12)16-2/h4,6-8H,3,5,9H2,1-2H3. The Hall–Kier alpha value is -1.36. The normalized spacial score (nSPS) is 11.2. The number of ketones is 1. The number of Topliss-reactive ketones (excluding diaryl/α,β-unsaturated/α-hetero) is 1. The van der Waals surface area contributed by atoms with E-state index in [1.807, 2.05) is 6.92 Å². The molecule has 0 aliphatic rings. The first-order chi connectivity index (χ1) is 7.99. The van der Waals surface area contributed by atoms with Crippen LogP contribution in [-0.4, -0.2) is 27.1 Å². The second kappa shape index (κ2) is 5.82. The molecule has 1 aromatic carbocycles. The van der Waals surface area contributed by atoms with E-state index < -0.39 is 15.6 Å². The van der Waals surface area contributed by atoms with Crippen molar-refractivity contribution >= 4 is 15.6 Å². The predicted octanol–water partition coefficient (Wildman–Crippen LogP) is 1.84. The summed E-state index contributed by atoms with van der Waals surface area (Å²) in [6.07, 6.45) is 0.954. The molecule has 0 fully saturated rings. The molecule has 0 aliphatic carbocycles. The van der Waals surface area contributed by atoms with E-state index in [-0.39, 0.29) is 10.7 Å². The van der Waals surface area contributed by atoms with Crippen molar-refractivity contribution in [3.63, 3.8) is 0 Å². The van der Waals surface area contributed by atoms with Crippen LogP contribution in [0.5, 0.6) is 5.75 Å². The van der Waals surface area contributed by atoms with E-state index in [1.54, 1.807) is 12.1 Å². The van der Waals surface area contributed by atoms with Crippen molar-refractivity contribution in [1.29, 1.82) is 0 Å². The van der Waals surface area contributed by atoms with E-state index in [9.17, 15) is 13.2 Å². The van der Waals surface area contributed by atoms with Crippen LogP contribution in [0.25, 0.3) is 0 Å². The topological polar surface area (TPSA) is 60.4 Å². The van der Waals surface area contributed by atoms with E-state index in [0.717, 1.165) is 0 Å². The summed E-state index contributed by atoms with van der Waals surface area (Å²) < 4.78 is 28.8. The van der Waals surface area contributed by atoms with Gasteiger partial charge in [0, 0.05) is 6.42 Å². The molecule has 0 N–H and O–H groups in total. The number of hydrogen-bond acceptors (Lipinski definition) is 4. The van der Waals surface area contributed by atoms with Gasteiger partial charge in [0.1, 0.15) is 17.3 Å². The van der Waals surface area contributed by atoms with Gasteiger partial charge in [-0.2, -0.15) is 0 Å². The SMILES string of the molecule is CCCC(=O)CS(=O)(=O)c1cccc(OC)c1. The van der Waals surface area contributed by atoms with Crippen LogP contribution < -0.4 is 4.74 Å². The highest BCUT2D eigenvalue weighted by atomic mass is 32.2. The molecule has 4 nitrogen and oxygen atoms in total. The minimum Gasteiger partial charge on any atom is -0.497 e. The van der Waals surface area contributed by atoms with Gasteiger partial charge in [0.05, 0.1) is 12.0 Å². The van der Waals surface area contributed by atoms with E-state index >= 15 is 0 Å². The summed E-state index contributed by atoms with van der Waals surface area (Å²) in [5.41, 5.74) is 0. The molecule has 1 rings (SSSR count). The quantitative estimate of drug-likeness (QED) is 0.779. The number of hydrogen-bond donors (Lipinski definition) is 0. The number of carbonyl (C=O) groups is 1. The van der Waals surface area contributed by atoms with E-state index in [4.69, 9.17) is 4.74 Å². The molecule has 0 radical (unpaired) electrons. The number of carbonyl (C=O) groups excluding carboxylic acids is 1. The van der Waals surface area contributed by atoms with E-state index in [0.29, 0.717) is 18.6 Å². The Labute approximate surface area is 102 Å². The van der Waals surface area contributed by atoms with E-state index in [1.165, 1.54) is 19.2 Å². The van der Waals surface area contributed by atoms with Crippen LogP contribution in [-0.2, 0) is 14.6 Å². The first kappa shape index (κ1) is 13.7. The second-order valence-electron chi connectivity index (χ2n) is 3.73. The molecule has 0 spiro atoms. The lowest BCUT2D eigenvalue weighted by Gasteiger charge is -2.05. The molecule has 1 aromatic rings. The van der Waals surface area contributed by atoms with Crippen LogP contribution in [0.15, 0.2) is 29.2 Å².